The molecule has 0 bridgehead atoms. The molecule has 2 aromatic rings. The summed E-state index contributed by atoms with van der Waals surface area (Å²) in [5.74, 6) is -1.60. The Hall–Kier alpha value is -2.62. The van der Waals surface area contributed by atoms with Crippen LogP contribution in [-0.4, -0.2) is 23.5 Å². The first kappa shape index (κ1) is 13.4. The molecule has 21 heavy (non-hydrogen) atoms. The quantitative estimate of drug-likeness (QED) is 0.940. The number of carboxylic acid groups (broad SMARTS) is 1. The van der Waals surface area contributed by atoms with Crippen LogP contribution in [0.5, 0.6) is 0 Å². The summed E-state index contributed by atoms with van der Waals surface area (Å²) >= 11 is 0. The molecule has 0 fully saturated rings. The number of anilines is 1. The van der Waals surface area contributed by atoms with Gasteiger partial charge in [-0.3, -0.25) is 9.59 Å². The van der Waals surface area contributed by atoms with Crippen LogP contribution in [0.2, 0.25) is 0 Å². The molecule has 0 saturated carbocycles. The van der Waals surface area contributed by atoms with Gasteiger partial charge in [-0.2, -0.15) is 0 Å². The van der Waals surface area contributed by atoms with Gasteiger partial charge in [-0.15, -0.1) is 0 Å². The van der Waals surface area contributed by atoms with E-state index in [0.717, 1.165) is 5.56 Å². The molecule has 1 N–H and O–H groups in total. The Balaban J connectivity index is 1.86. The molecule has 0 aliphatic carbocycles. The van der Waals surface area contributed by atoms with Crippen molar-refractivity contribution in [3.63, 3.8) is 0 Å². The van der Waals surface area contributed by atoms with Crippen molar-refractivity contribution >= 4 is 17.6 Å². The Morgan fingerprint density at radius 3 is 2.43 bits per heavy atom. The van der Waals surface area contributed by atoms with Crippen LogP contribution < -0.4 is 4.90 Å². The highest BCUT2D eigenvalue weighted by Gasteiger charge is 2.35. The molecule has 2 aromatic carbocycles. The molecule has 106 valence electrons. The van der Waals surface area contributed by atoms with E-state index in [1.807, 2.05) is 36.4 Å². The first-order valence-electron chi connectivity index (χ1n) is 6.83. The van der Waals surface area contributed by atoms with Crippen molar-refractivity contribution in [1.29, 1.82) is 0 Å². The molecule has 1 unspecified atom stereocenters. The summed E-state index contributed by atoms with van der Waals surface area (Å²) in [7, 11) is 0. The van der Waals surface area contributed by atoms with Gasteiger partial charge in [0.25, 0.3) is 0 Å². The van der Waals surface area contributed by atoms with Crippen LogP contribution in [-0.2, 0) is 16.0 Å². The minimum atomic E-state index is -0.891. The highest BCUT2D eigenvalue weighted by Crippen LogP contribution is 2.36. The van der Waals surface area contributed by atoms with E-state index in [4.69, 9.17) is 0 Å². The van der Waals surface area contributed by atoms with Crippen molar-refractivity contribution in [2.45, 2.75) is 12.3 Å². The van der Waals surface area contributed by atoms with Crippen molar-refractivity contribution in [2.24, 2.45) is 0 Å². The van der Waals surface area contributed by atoms with Gasteiger partial charge in [0.1, 0.15) is 5.92 Å². The summed E-state index contributed by atoms with van der Waals surface area (Å²) in [5, 5.41) is 9.31. The number of benzene rings is 2. The standard InChI is InChI=1S/C17H15NO3/c19-16(10-12-6-2-1-3-7-12)18-11-14(17(20)21)13-8-4-5-9-15(13)18/h1-9,14H,10-11H2,(H,20,21). The molecule has 1 amide bonds. The first-order valence-corrected chi connectivity index (χ1v) is 6.83. The first-order chi connectivity index (χ1) is 10.2. The Morgan fingerprint density at radius 2 is 1.71 bits per heavy atom. The molecule has 1 aliphatic rings. The van der Waals surface area contributed by atoms with Crippen LogP contribution in [0.25, 0.3) is 0 Å². The number of carbonyl (C=O) groups is 2. The number of carbonyl (C=O) groups excluding carboxylic acids is 1. The van der Waals surface area contributed by atoms with Crippen molar-refractivity contribution in [3.05, 3.63) is 65.7 Å². The molecular weight excluding hydrogens is 266 g/mol. The van der Waals surface area contributed by atoms with E-state index in [2.05, 4.69) is 0 Å². The number of carboxylic acids is 1. The van der Waals surface area contributed by atoms with Gasteiger partial charge in [-0.1, -0.05) is 48.5 Å². The van der Waals surface area contributed by atoms with E-state index in [9.17, 15) is 14.7 Å². The molecule has 4 nitrogen and oxygen atoms in total. The number of hydrogen-bond acceptors (Lipinski definition) is 2. The van der Waals surface area contributed by atoms with Gasteiger partial charge in [-0.05, 0) is 17.2 Å². The van der Waals surface area contributed by atoms with Gasteiger partial charge in [-0.25, -0.2) is 0 Å². The molecular formula is C17H15NO3. The Morgan fingerprint density at radius 1 is 1.05 bits per heavy atom. The van der Waals surface area contributed by atoms with Gasteiger partial charge in [0.2, 0.25) is 5.91 Å². The van der Waals surface area contributed by atoms with E-state index >= 15 is 0 Å². The zero-order valence-corrected chi connectivity index (χ0v) is 11.4. The predicted molar refractivity (Wildman–Crippen MR) is 79.3 cm³/mol. The number of hydrogen-bond donors (Lipinski definition) is 1. The van der Waals surface area contributed by atoms with Crippen molar-refractivity contribution in [1.82, 2.24) is 0 Å². The number of fused-ring (bicyclic) bond motifs is 1. The molecule has 0 radical (unpaired) electrons. The number of amides is 1. The normalized spacial score (nSPS) is 16.6. The summed E-state index contributed by atoms with van der Waals surface area (Å²) in [6.07, 6.45) is 0.279. The third-order valence-corrected chi connectivity index (χ3v) is 3.77. The summed E-state index contributed by atoms with van der Waals surface area (Å²) in [6, 6.07) is 16.7. The van der Waals surface area contributed by atoms with E-state index < -0.39 is 11.9 Å². The third kappa shape index (κ3) is 2.52. The van der Waals surface area contributed by atoms with Gasteiger partial charge in [0.15, 0.2) is 0 Å². The largest absolute Gasteiger partial charge is 0.481 e. The maximum atomic E-state index is 12.5. The van der Waals surface area contributed by atoms with Gasteiger partial charge < -0.3 is 10.0 Å². The summed E-state index contributed by atoms with van der Waals surface area (Å²) in [4.78, 5) is 25.4. The minimum Gasteiger partial charge on any atom is -0.481 e. The van der Waals surface area contributed by atoms with Crippen LogP contribution >= 0.6 is 0 Å². The fourth-order valence-electron chi connectivity index (χ4n) is 2.72. The van der Waals surface area contributed by atoms with Gasteiger partial charge in [0.05, 0.1) is 6.42 Å². The molecule has 0 aromatic heterocycles. The van der Waals surface area contributed by atoms with E-state index in [0.29, 0.717) is 11.3 Å². The summed E-state index contributed by atoms with van der Waals surface area (Å²) < 4.78 is 0. The summed E-state index contributed by atoms with van der Waals surface area (Å²) in [5.41, 5.74) is 2.36. The average molecular weight is 281 g/mol. The number of para-hydroxylation sites is 1. The Bertz CT molecular complexity index is 681. The molecule has 1 heterocycles. The minimum absolute atomic E-state index is 0.0719. The third-order valence-electron chi connectivity index (χ3n) is 3.77. The average Bonchev–Trinajstić information content (AvgIpc) is 2.88. The lowest BCUT2D eigenvalue weighted by atomic mass is 10.0. The fourth-order valence-corrected chi connectivity index (χ4v) is 2.72. The van der Waals surface area contributed by atoms with E-state index in [1.54, 1.807) is 23.1 Å². The van der Waals surface area contributed by atoms with E-state index in [1.165, 1.54) is 0 Å². The van der Waals surface area contributed by atoms with Crippen LogP contribution in [0.1, 0.15) is 17.0 Å². The molecule has 4 heteroatoms. The molecule has 3 rings (SSSR count). The van der Waals surface area contributed by atoms with Crippen molar-refractivity contribution in [3.8, 4) is 0 Å². The lowest BCUT2D eigenvalue weighted by Crippen LogP contribution is -2.32. The predicted octanol–water partition coefficient (Wildman–Crippen LogP) is 2.44. The zero-order valence-electron chi connectivity index (χ0n) is 11.4. The van der Waals surface area contributed by atoms with Gasteiger partial charge in [0, 0.05) is 12.2 Å². The maximum Gasteiger partial charge on any atom is 0.312 e. The number of rotatable bonds is 3. The van der Waals surface area contributed by atoms with Crippen LogP contribution in [0.15, 0.2) is 54.6 Å². The van der Waals surface area contributed by atoms with Crippen LogP contribution in [0.4, 0.5) is 5.69 Å². The SMILES string of the molecule is O=C(O)C1CN(C(=O)Cc2ccccc2)c2ccccc21. The molecule has 0 spiro atoms. The Labute approximate surface area is 122 Å². The maximum absolute atomic E-state index is 12.5. The smallest absolute Gasteiger partial charge is 0.312 e. The Kier molecular flexibility index (Phi) is 3.44. The second-order valence-electron chi connectivity index (χ2n) is 5.12. The van der Waals surface area contributed by atoms with Gasteiger partial charge >= 0.3 is 5.97 Å². The molecule has 0 saturated heterocycles. The second-order valence-corrected chi connectivity index (χ2v) is 5.12. The molecule has 1 atom stereocenters. The van der Waals surface area contributed by atoms with E-state index in [-0.39, 0.29) is 18.9 Å². The fraction of sp³-hybridized carbons (Fsp3) is 0.176. The summed E-state index contributed by atoms with van der Waals surface area (Å²) in [6.45, 7) is 0.209. The monoisotopic (exact) mass is 281 g/mol. The molecule has 1 aliphatic heterocycles. The second kappa shape index (κ2) is 5.40. The highest BCUT2D eigenvalue weighted by atomic mass is 16.4. The lowest BCUT2D eigenvalue weighted by molar-refractivity contribution is -0.138. The van der Waals surface area contributed by atoms with Crippen molar-refractivity contribution < 1.29 is 14.7 Å². The highest BCUT2D eigenvalue weighted by molar-refractivity contribution is 5.99. The topological polar surface area (TPSA) is 57.6 Å². The van der Waals surface area contributed by atoms with Crippen molar-refractivity contribution in [2.75, 3.05) is 11.4 Å². The van der Waals surface area contributed by atoms with Crippen LogP contribution in [0, 0.1) is 0 Å². The number of aliphatic carboxylic acids is 1. The number of nitrogens with zero attached hydrogens (tertiary/aromatic N) is 1. The lowest BCUT2D eigenvalue weighted by Gasteiger charge is -2.17. The van der Waals surface area contributed by atoms with Crippen LogP contribution in [0.3, 0.4) is 0 Å². The zero-order chi connectivity index (χ0) is 14.8.